The molecule has 1 aromatic rings. The Kier molecular flexibility index (Phi) is 6.30. The number of nitrogens with zero attached hydrogens (tertiary/aromatic N) is 1. The Labute approximate surface area is 126 Å². The van der Waals surface area contributed by atoms with Crippen molar-refractivity contribution in [1.82, 2.24) is 4.90 Å². The number of benzene rings is 1. The maximum absolute atomic E-state index is 12.3. The third kappa shape index (κ3) is 3.87. The number of ether oxygens (including phenoxy) is 1. The van der Waals surface area contributed by atoms with E-state index >= 15 is 0 Å². The monoisotopic (exact) mass is 298 g/mol. The molecule has 0 aliphatic carbocycles. The van der Waals surface area contributed by atoms with Crippen LogP contribution < -0.4 is 10.5 Å². The molecule has 1 saturated heterocycles. The molecule has 1 unspecified atom stereocenters. The van der Waals surface area contributed by atoms with Gasteiger partial charge in [-0.1, -0.05) is 0 Å². The van der Waals surface area contributed by atoms with Gasteiger partial charge in [0.1, 0.15) is 5.75 Å². The molecule has 5 heteroatoms. The van der Waals surface area contributed by atoms with Crippen molar-refractivity contribution in [2.75, 3.05) is 20.2 Å². The maximum Gasteiger partial charge on any atom is 0.253 e. The molecular weight excluding hydrogens is 276 g/mol. The number of methoxy groups -OCH3 is 1. The zero-order valence-corrected chi connectivity index (χ0v) is 12.9. The lowest BCUT2D eigenvalue weighted by Gasteiger charge is -2.33. The van der Waals surface area contributed by atoms with E-state index in [4.69, 9.17) is 10.5 Å². The molecule has 1 aliphatic rings. The number of carbonyl (C=O) groups excluding carboxylic acids is 1. The van der Waals surface area contributed by atoms with Gasteiger partial charge in [-0.3, -0.25) is 4.79 Å². The van der Waals surface area contributed by atoms with E-state index in [1.807, 2.05) is 36.1 Å². The predicted molar refractivity (Wildman–Crippen MR) is 82.5 cm³/mol. The Morgan fingerprint density at radius 2 is 1.85 bits per heavy atom. The molecule has 1 aromatic carbocycles. The number of nitrogens with two attached hydrogens (primary N) is 1. The fourth-order valence-corrected chi connectivity index (χ4v) is 2.54. The van der Waals surface area contributed by atoms with Crippen molar-refractivity contribution in [3.63, 3.8) is 0 Å². The van der Waals surface area contributed by atoms with Gasteiger partial charge in [0.2, 0.25) is 0 Å². The van der Waals surface area contributed by atoms with Crippen LogP contribution in [0.1, 0.15) is 30.1 Å². The summed E-state index contributed by atoms with van der Waals surface area (Å²) >= 11 is 0. The Morgan fingerprint density at radius 3 is 2.30 bits per heavy atom. The van der Waals surface area contributed by atoms with Gasteiger partial charge in [-0.15, -0.1) is 12.4 Å². The fourth-order valence-electron chi connectivity index (χ4n) is 2.54. The molecule has 2 N–H and O–H groups in total. The minimum Gasteiger partial charge on any atom is -0.497 e. The minimum absolute atomic E-state index is 0. The summed E-state index contributed by atoms with van der Waals surface area (Å²) in [4.78, 5) is 14.2. The second kappa shape index (κ2) is 7.50. The summed E-state index contributed by atoms with van der Waals surface area (Å²) in [6, 6.07) is 7.50. The quantitative estimate of drug-likeness (QED) is 0.932. The van der Waals surface area contributed by atoms with Crippen LogP contribution in [0.15, 0.2) is 24.3 Å². The van der Waals surface area contributed by atoms with Crippen molar-refractivity contribution in [2.45, 2.75) is 25.8 Å². The lowest BCUT2D eigenvalue weighted by molar-refractivity contribution is 0.0681. The summed E-state index contributed by atoms with van der Waals surface area (Å²) in [6.07, 6.45) is 2.00. The molecule has 0 aromatic heterocycles. The summed E-state index contributed by atoms with van der Waals surface area (Å²) in [7, 11) is 1.62. The molecule has 0 spiro atoms. The number of likely N-dealkylation sites (tertiary alicyclic amines) is 1. The van der Waals surface area contributed by atoms with Crippen LogP contribution in [0.25, 0.3) is 0 Å². The van der Waals surface area contributed by atoms with Crippen LogP contribution in [-0.4, -0.2) is 37.0 Å². The highest BCUT2D eigenvalue weighted by molar-refractivity contribution is 5.94. The van der Waals surface area contributed by atoms with E-state index in [0.717, 1.165) is 37.2 Å². The fraction of sp³-hybridized carbons (Fsp3) is 0.533. The number of rotatable bonds is 3. The molecule has 1 atom stereocenters. The summed E-state index contributed by atoms with van der Waals surface area (Å²) in [5, 5.41) is 0. The van der Waals surface area contributed by atoms with Crippen LogP contribution in [0, 0.1) is 5.92 Å². The van der Waals surface area contributed by atoms with Crippen molar-refractivity contribution in [3.8, 4) is 5.75 Å². The highest BCUT2D eigenvalue weighted by atomic mass is 35.5. The Morgan fingerprint density at radius 1 is 1.30 bits per heavy atom. The second-order valence-electron chi connectivity index (χ2n) is 5.22. The van der Waals surface area contributed by atoms with Crippen molar-refractivity contribution in [1.29, 1.82) is 0 Å². The molecule has 1 fully saturated rings. The zero-order chi connectivity index (χ0) is 13.8. The maximum atomic E-state index is 12.3. The van der Waals surface area contributed by atoms with Crippen LogP contribution in [-0.2, 0) is 0 Å². The molecule has 112 valence electrons. The van der Waals surface area contributed by atoms with E-state index in [-0.39, 0.29) is 24.4 Å². The van der Waals surface area contributed by atoms with E-state index in [1.165, 1.54) is 0 Å². The predicted octanol–water partition coefficient (Wildman–Crippen LogP) is 2.32. The average Bonchev–Trinajstić information content (AvgIpc) is 2.46. The molecule has 4 nitrogen and oxygen atoms in total. The van der Waals surface area contributed by atoms with Crippen LogP contribution in [0.5, 0.6) is 5.75 Å². The van der Waals surface area contributed by atoms with Crippen molar-refractivity contribution in [3.05, 3.63) is 29.8 Å². The SMILES string of the molecule is COc1ccc(C(=O)N2CCC(C(C)N)CC2)cc1.Cl. The van der Waals surface area contributed by atoms with Gasteiger partial charge in [-0.05, 0) is 49.9 Å². The number of amides is 1. The van der Waals surface area contributed by atoms with Gasteiger partial charge in [0.05, 0.1) is 7.11 Å². The first kappa shape index (κ1) is 16.8. The number of carbonyl (C=O) groups is 1. The second-order valence-corrected chi connectivity index (χ2v) is 5.22. The highest BCUT2D eigenvalue weighted by Gasteiger charge is 2.25. The van der Waals surface area contributed by atoms with E-state index in [0.29, 0.717) is 5.92 Å². The third-order valence-corrected chi connectivity index (χ3v) is 3.91. The summed E-state index contributed by atoms with van der Waals surface area (Å²) in [6.45, 7) is 3.65. The summed E-state index contributed by atoms with van der Waals surface area (Å²) in [5.74, 6) is 1.41. The van der Waals surface area contributed by atoms with Gasteiger partial charge in [0.25, 0.3) is 5.91 Å². The zero-order valence-electron chi connectivity index (χ0n) is 12.0. The molecule has 1 aliphatic heterocycles. The van der Waals surface area contributed by atoms with Crippen molar-refractivity contribution in [2.24, 2.45) is 11.7 Å². The van der Waals surface area contributed by atoms with Gasteiger partial charge < -0.3 is 15.4 Å². The first-order valence-electron chi connectivity index (χ1n) is 6.80. The van der Waals surface area contributed by atoms with Gasteiger partial charge in [-0.25, -0.2) is 0 Å². The van der Waals surface area contributed by atoms with Crippen LogP contribution in [0.3, 0.4) is 0 Å². The largest absolute Gasteiger partial charge is 0.497 e. The Balaban J connectivity index is 0.00000200. The molecule has 1 heterocycles. The lowest BCUT2D eigenvalue weighted by atomic mass is 9.90. The molecule has 0 radical (unpaired) electrons. The first-order chi connectivity index (χ1) is 9.11. The molecule has 0 bridgehead atoms. The van der Waals surface area contributed by atoms with Crippen molar-refractivity contribution >= 4 is 18.3 Å². The standard InChI is InChI=1S/C15H22N2O2.ClH/c1-11(16)12-7-9-17(10-8-12)15(18)13-3-5-14(19-2)6-4-13;/h3-6,11-12H,7-10,16H2,1-2H3;1H. The summed E-state index contributed by atoms with van der Waals surface area (Å²) < 4.78 is 5.10. The van der Waals surface area contributed by atoms with Crippen LogP contribution in [0.2, 0.25) is 0 Å². The lowest BCUT2D eigenvalue weighted by Crippen LogP contribution is -2.42. The molecule has 1 amide bonds. The van der Waals surface area contributed by atoms with Crippen LogP contribution >= 0.6 is 12.4 Å². The van der Waals surface area contributed by atoms with E-state index in [1.54, 1.807) is 7.11 Å². The molecule has 20 heavy (non-hydrogen) atoms. The smallest absolute Gasteiger partial charge is 0.253 e. The highest BCUT2D eigenvalue weighted by Crippen LogP contribution is 2.21. The van der Waals surface area contributed by atoms with Crippen LogP contribution in [0.4, 0.5) is 0 Å². The third-order valence-electron chi connectivity index (χ3n) is 3.91. The summed E-state index contributed by atoms with van der Waals surface area (Å²) in [5.41, 5.74) is 6.64. The number of hydrogen-bond donors (Lipinski definition) is 1. The Bertz CT molecular complexity index is 426. The van der Waals surface area contributed by atoms with Gasteiger partial charge in [0, 0.05) is 24.7 Å². The average molecular weight is 299 g/mol. The first-order valence-corrected chi connectivity index (χ1v) is 6.80. The minimum atomic E-state index is 0. The number of hydrogen-bond acceptors (Lipinski definition) is 3. The van der Waals surface area contributed by atoms with E-state index in [9.17, 15) is 4.79 Å². The van der Waals surface area contributed by atoms with Gasteiger partial charge >= 0.3 is 0 Å². The van der Waals surface area contributed by atoms with E-state index < -0.39 is 0 Å². The molecule has 0 saturated carbocycles. The normalized spacial score (nSPS) is 17.2. The molecular formula is C15H23ClN2O2. The number of halogens is 1. The topological polar surface area (TPSA) is 55.6 Å². The van der Waals surface area contributed by atoms with Gasteiger partial charge in [0.15, 0.2) is 0 Å². The number of piperidine rings is 1. The van der Waals surface area contributed by atoms with E-state index in [2.05, 4.69) is 0 Å². The van der Waals surface area contributed by atoms with Crippen molar-refractivity contribution < 1.29 is 9.53 Å². The van der Waals surface area contributed by atoms with Gasteiger partial charge in [-0.2, -0.15) is 0 Å². The molecule has 2 rings (SSSR count). The Hall–Kier alpha value is -1.26.